The van der Waals surface area contributed by atoms with Gasteiger partial charge in [0.2, 0.25) is 15.1 Å². The first-order valence-corrected chi connectivity index (χ1v) is 7.78. The second kappa shape index (κ2) is 4.97. The van der Waals surface area contributed by atoms with E-state index in [4.69, 9.17) is 11.6 Å². The molecular formula is C10H10ClNO3S2. The normalized spacial score (nSPS) is 20.8. The molecule has 0 bridgehead atoms. The first-order valence-electron chi connectivity index (χ1n) is 4.93. The first-order chi connectivity index (χ1) is 7.99. The summed E-state index contributed by atoms with van der Waals surface area (Å²) in [5, 5.41) is 0.346. The van der Waals surface area contributed by atoms with Crippen molar-refractivity contribution >= 4 is 38.5 Å². The van der Waals surface area contributed by atoms with Gasteiger partial charge in [-0.3, -0.25) is 4.79 Å². The number of hydrogen-bond acceptors (Lipinski definition) is 4. The van der Waals surface area contributed by atoms with Crippen molar-refractivity contribution in [3.63, 3.8) is 0 Å². The molecule has 92 valence electrons. The quantitative estimate of drug-likeness (QED) is 0.920. The van der Waals surface area contributed by atoms with Crippen molar-refractivity contribution in [3.05, 3.63) is 29.3 Å². The Bertz CT molecular complexity index is 527. The third-order valence-electron chi connectivity index (χ3n) is 2.36. The van der Waals surface area contributed by atoms with Gasteiger partial charge in [-0.2, -0.15) is 4.72 Å². The summed E-state index contributed by atoms with van der Waals surface area (Å²) >= 11 is 6.84. The van der Waals surface area contributed by atoms with E-state index in [9.17, 15) is 13.2 Å². The number of hydrogen-bond donors (Lipinski definition) is 1. The summed E-state index contributed by atoms with van der Waals surface area (Å²) in [5.41, 5.74) is 0. The highest BCUT2D eigenvalue weighted by atomic mass is 35.5. The summed E-state index contributed by atoms with van der Waals surface area (Å²) in [4.78, 5) is 11.5. The fourth-order valence-electron chi connectivity index (χ4n) is 1.47. The van der Waals surface area contributed by atoms with Gasteiger partial charge in [-0.05, 0) is 30.7 Å². The minimum atomic E-state index is -3.64. The zero-order valence-electron chi connectivity index (χ0n) is 8.72. The molecule has 1 fully saturated rings. The molecule has 0 amide bonds. The Hall–Kier alpha value is -0.560. The van der Waals surface area contributed by atoms with Gasteiger partial charge in [0.15, 0.2) is 0 Å². The largest absolute Gasteiger partial charge is 0.285 e. The summed E-state index contributed by atoms with van der Waals surface area (Å²) in [6.45, 7) is 0. The van der Waals surface area contributed by atoms with Crippen LogP contribution >= 0.6 is 23.4 Å². The maximum atomic E-state index is 11.9. The third-order valence-corrected chi connectivity index (χ3v) is 5.11. The SMILES string of the molecule is O=C1SCC[C@@H]1NS(=O)(=O)c1ccc(Cl)cc1. The van der Waals surface area contributed by atoms with Crippen LogP contribution in [0, 0.1) is 0 Å². The fraction of sp³-hybridized carbons (Fsp3) is 0.300. The molecule has 0 aromatic heterocycles. The molecule has 0 aliphatic carbocycles. The Labute approximate surface area is 109 Å². The highest BCUT2D eigenvalue weighted by Gasteiger charge is 2.29. The smallest absolute Gasteiger partial charge is 0.241 e. The van der Waals surface area contributed by atoms with E-state index < -0.39 is 16.1 Å². The molecule has 1 atom stereocenters. The van der Waals surface area contributed by atoms with E-state index >= 15 is 0 Å². The van der Waals surface area contributed by atoms with E-state index in [2.05, 4.69) is 4.72 Å². The molecule has 1 heterocycles. The number of thioether (sulfide) groups is 1. The lowest BCUT2D eigenvalue weighted by Crippen LogP contribution is -2.37. The maximum Gasteiger partial charge on any atom is 0.241 e. The average molecular weight is 292 g/mol. The van der Waals surface area contributed by atoms with E-state index in [1.54, 1.807) is 0 Å². The van der Waals surface area contributed by atoms with E-state index in [1.807, 2.05) is 0 Å². The molecule has 1 aromatic rings. The molecule has 4 nitrogen and oxygen atoms in total. The Morgan fingerprint density at radius 3 is 2.47 bits per heavy atom. The Kier molecular flexibility index (Phi) is 3.77. The maximum absolute atomic E-state index is 11.9. The summed E-state index contributed by atoms with van der Waals surface area (Å²) in [5.74, 6) is 0.659. The lowest BCUT2D eigenvalue weighted by Gasteiger charge is -2.10. The van der Waals surface area contributed by atoms with Gasteiger partial charge < -0.3 is 0 Å². The van der Waals surface area contributed by atoms with E-state index in [0.29, 0.717) is 17.2 Å². The van der Waals surface area contributed by atoms with Crippen LogP contribution in [0.4, 0.5) is 0 Å². The number of sulfonamides is 1. The van der Waals surface area contributed by atoms with Crippen LogP contribution in [0.2, 0.25) is 5.02 Å². The van der Waals surface area contributed by atoms with Crippen LogP contribution < -0.4 is 4.72 Å². The molecular weight excluding hydrogens is 282 g/mol. The predicted molar refractivity (Wildman–Crippen MR) is 67.6 cm³/mol. The van der Waals surface area contributed by atoms with Crippen LogP contribution in [-0.2, 0) is 14.8 Å². The average Bonchev–Trinajstić information content (AvgIpc) is 2.64. The molecule has 7 heteroatoms. The number of carbonyl (C=O) groups excluding carboxylic acids is 1. The molecule has 1 aliphatic rings. The zero-order chi connectivity index (χ0) is 12.5. The van der Waals surface area contributed by atoms with Crippen molar-refractivity contribution < 1.29 is 13.2 Å². The molecule has 2 rings (SSSR count). The third kappa shape index (κ3) is 3.01. The number of nitrogens with one attached hydrogen (secondary N) is 1. The van der Waals surface area contributed by atoms with E-state index in [-0.39, 0.29) is 10.0 Å². The molecule has 0 spiro atoms. The van der Waals surface area contributed by atoms with Crippen molar-refractivity contribution in [2.75, 3.05) is 5.75 Å². The minimum absolute atomic E-state index is 0.117. The van der Waals surface area contributed by atoms with Crippen molar-refractivity contribution in [2.24, 2.45) is 0 Å². The van der Waals surface area contributed by atoms with Gasteiger partial charge in [0.1, 0.15) is 0 Å². The van der Waals surface area contributed by atoms with Crippen LogP contribution in [0.25, 0.3) is 0 Å². The molecule has 1 N–H and O–H groups in total. The zero-order valence-corrected chi connectivity index (χ0v) is 11.1. The summed E-state index contributed by atoms with van der Waals surface area (Å²) in [6, 6.07) is 5.22. The van der Waals surface area contributed by atoms with Gasteiger partial charge in [0.05, 0.1) is 10.9 Å². The molecule has 0 unspecified atom stereocenters. The first kappa shape index (κ1) is 12.9. The number of halogens is 1. The predicted octanol–water partition coefficient (Wildman–Crippen LogP) is 1.65. The van der Waals surface area contributed by atoms with Gasteiger partial charge in [-0.1, -0.05) is 23.4 Å². The van der Waals surface area contributed by atoms with Gasteiger partial charge in [0, 0.05) is 10.8 Å². The molecule has 1 saturated heterocycles. The second-order valence-corrected chi connectivity index (χ2v) is 6.83. The second-order valence-electron chi connectivity index (χ2n) is 3.58. The van der Waals surface area contributed by atoms with Crippen molar-refractivity contribution in [2.45, 2.75) is 17.4 Å². The Morgan fingerprint density at radius 1 is 1.29 bits per heavy atom. The van der Waals surface area contributed by atoms with Gasteiger partial charge in [0.25, 0.3) is 0 Å². The van der Waals surface area contributed by atoms with Gasteiger partial charge in [-0.25, -0.2) is 8.42 Å². The summed E-state index contributed by atoms with van der Waals surface area (Å²) in [7, 11) is -3.64. The topological polar surface area (TPSA) is 63.2 Å². The lowest BCUT2D eigenvalue weighted by atomic mass is 10.3. The molecule has 1 aliphatic heterocycles. The molecule has 17 heavy (non-hydrogen) atoms. The number of rotatable bonds is 3. The lowest BCUT2D eigenvalue weighted by molar-refractivity contribution is -0.111. The van der Waals surface area contributed by atoms with Crippen LogP contribution in [0.3, 0.4) is 0 Å². The Morgan fingerprint density at radius 2 is 1.94 bits per heavy atom. The fourth-order valence-corrected chi connectivity index (χ4v) is 3.84. The van der Waals surface area contributed by atoms with Crippen LogP contribution in [0.1, 0.15) is 6.42 Å². The Balaban J connectivity index is 2.19. The van der Waals surface area contributed by atoms with Gasteiger partial charge >= 0.3 is 0 Å². The van der Waals surface area contributed by atoms with Crippen LogP contribution in [0.5, 0.6) is 0 Å². The van der Waals surface area contributed by atoms with Crippen molar-refractivity contribution in [1.29, 1.82) is 0 Å². The van der Waals surface area contributed by atoms with E-state index in [1.165, 1.54) is 24.3 Å². The van der Waals surface area contributed by atoms with Crippen molar-refractivity contribution in [3.8, 4) is 0 Å². The number of benzene rings is 1. The highest BCUT2D eigenvalue weighted by Crippen LogP contribution is 2.22. The molecule has 0 saturated carbocycles. The highest BCUT2D eigenvalue weighted by molar-refractivity contribution is 8.14. The minimum Gasteiger partial charge on any atom is -0.285 e. The molecule has 0 radical (unpaired) electrons. The van der Waals surface area contributed by atoms with Crippen molar-refractivity contribution in [1.82, 2.24) is 4.72 Å². The standard InChI is InChI=1S/C10H10ClNO3S2/c11-7-1-3-8(4-2-7)17(14,15)12-9-5-6-16-10(9)13/h1-4,9,12H,5-6H2/t9-/m0/s1. The summed E-state index contributed by atoms with van der Waals surface area (Å²) < 4.78 is 26.3. The summed E-state index contributed by atoms with van der Waals surface area (Å²) in [6.07, 6.45) is 0.538. The van der Waals surface area contributed by atoms with E-state index in [0.717, 1.165) is 11.8 Å². The molecule has 1 aromatic carbocycles. The number of carbonyl (C=O) groups is 1. The van der Waals surface area contributed by atoms with Crippen LogP contribution in [-0.4, -0.2) is 25.3 Å². The van der Waals surface area contributed by atoms with Crippen LogP contribution in [0.15, 0.2) is 29.2 Å². The monoisotopic (exact) mass is 291 g/mol. The van der Waals surface area contributed by atoms with Gasteiger partial charge in [-0.15, -0.1) is 0 Å².